The fraction of sp³-hybridized carbons (Fsp3) is 0.483. The first-order valence-electron chi connectivity index (χ1n) is 38.9. The van der Waals surface area contributed by atoms with Gasteiger partial charge in [0.15, 0.2) is 0 Å². The molecule has 21 atom stereocenters. The van der Waals surface area contributed by atoms with E-state index in [0.717, 1.165) is 128 Å². The molecule has 3 N–H and O–H groups in total. The Morgan fingerprint density at radius 3 is 0.944 bits per heavy atom. The van der Waals surface area contributed by atoms with Crippen LogP contribution in [-0.2, 0) is 42.8 Å². The third kappa shape index (κ3) is 17.9. The van der Waals surface area contributed by atoms with Crippen LogP contribution >= 0.6 is 0 Å². The number of allylic oxidation sites excluding steroid dienone is 3. The number of aromatic nitrogens is 3. The number of rotatable bonds is 15. The van der Waals surface area contributed by atoms with E-state index in [-0.39, 0.29) is 143 Å². The SMILES string of the molecule is CCOC(=O)N[C@@H]1CC[C@H]2[C@@H](C1)C[C@@H]1C(=O)O[C@@H](C)[C@@H]1[C@@H]2/C=C/c1ccc(-c2cccc(F)c2)cn1.CCOC(=O)N[C@H]1CC[C@@H]2[C@H](C1)C[C@@H]1C(=O)O[C@@H](C)[C@H]1[C@@H]2/C=C/c1ccc(-c2cccc(F)c2)cn1.CCOC(=O)N[C@H]1CC[C@H]2[C@@H](C1)C[C@H]1C(=O)O[C@H](C)[C@@H]1[C@@H]2/C=C/c1ccc(-c2cccc(F)c2)cn1. The number of halogens is 3. The lowest BCUT2D eigenvalue weighted by Crippen LogP contribution is -2.48. The summed E-state index contributed by atoms with van der Waals surface area (Å²) in [5.41, 5.74) is 7.43. The number of nitrogens with one attached hydrogen (secondary N) is 3. The van der Waals surface area contributed by atoms with E-state index in [0.29, 0.717) is 55.3 Å². The minimum atomic E-state index is -0.368. The maximum Gasteiger partial charge on any atom is 0.407 e. The van der Waals surface area contributed by atoms with Crippen molar-refractivity contribution in [3.63, 3.8) is 0 Å². The first-order chi connectivity index (χ1) is 52.3. The molecule has 0 radical (unpaired) electrons. The predicted molar refractivity (Wildman–Crippen MR) is 402 cm³/mol. The number of pyridine rings is 3. The molecule has 0 bridgehead atoms. The number of ether oxygens (including phenoxy) is 6. The van der Waals surface area contributed by atoms with Gasteiger partial charge in [-0.15, -0.1) is 0 Å². The molecule has 3 aromatic carbocycles. The number of cyclic esters (lactones) is 3. The summed E-state index contributed by atoms with van der Waals surface area (Å²) >= 11 is 0. The van der Waals surface area contributed by atoms with Gasteiger partial charge in [0.2, 0.25) is 0 Å². The molecule has 9 aliphatic rings. The van der Waals surface area contributed by atoms with E-state index in [9.17, 15) is 41.9 Å². The standard InChI is InChI=1S/3C29H33FN2O4/c3*1-3-35-29(34)32-23-10-11-24-20(14-23)15-26-27(17(2)36-28(26)33)25(24)12-9-22-8-7-19(16-31-22)18-5-4-6-21(30)13-18/h3*4-9,12-13,16-17,20,23-27H,3,10-11,14-15H2,1-2H3,(H,32,34)/b3*12-9+/t17-,20+,23+,24+,25-,26-,27-;17-,20+,23-,24+,25+,26-,27-;17-,20-,23+,24-,25+,26-,27+/m100/s1. The Kier molecular flexibility index (Phi) is 24.6. The molecular weight excluding hydrogens is 1380 g/mol. The summed E-state index contributed by atoms with van der Waals surface area (Å²) in [6, 6.07) is 31.3. The van der Waals surface area contributed by atoms with E-state index in [4.69, 9.17) is 28.4 Å². The Labute approximate surface area is 630 Å². The number of benzene rings is 3. The number of carbonyl (C=O) groups is 6. The summed E-state index contributed by atoms with van der Waals surface area (Å²) in [6.07, 6.45) is 27.2. The van der Waals surface area contributed by atoms with Gasteiger partial charge in [-0.1, -0.05) is 72.8 Å². The van der Waals surface area contributed by atoms with Gasteiger partial charge in [0, 0.05) is 71.2 Å². The molecule has 3 amide bonds. The lowest BCUT2D eigenvalue weighted by molar-refractivity contribution is -0.145. The molecule has 3 aliphatic heterocycles. The average molecular weight is 1480 g/mol. The molecule has 3 saturated heterocycles. The highest BCUT2D eigenvalue weighted by atomic mass is 19.1. The van der Waals surface area contributed by atoms with Gasteiger partial charge in [0.05, 0.1) is 54.7 Å². The highest BCUT2D eigenvalue weighted by Crippen LogP contribution is 2.57. The fourth-order valence-electron chi connectivity index (χ4n) is 19.9. The summed E-state index contributed by atoms with van der Waals surface area (Å²) in [5.74, 6) is 1.89. The predicted octanol–water partition coefficient (Wildman–Crippen LogP) is 16.9. The average Bonchev–Trinajstić information content (AvgIpc) is 1.54. The maximum atomic E-state index is 13.6. The second-order valence-electron chi connectivity index (χ2n) is 30.8. The topological polar surface area (TPSA) is 233 Å². The third-order valence-electron chi connectivity index (χ3n) is 24.5. The molecule has 21 heteroatoms. The molecule has 6 saturated carbocycles. The molecule has 570 valence electrons. The molecule has 9 fully saturated rings. The van der Waals surface area contributed by atoms with Crippen molar-refractivity contribution >= 4 is 54.4 Å². The van der Waals surface area contributed by atoms with Crippen LogP contribution in [0.2, 0.25) is 0 Å². The van der Waals surface area contributed by atoms with Crippen LogP contribution in [-0.4, -0.2) is 107 Å². The number of nitrogens with zero attached hydrogens (tertiary/aromatic N) is 3. The van der Waals surface area contributed by atoms with Gasteiger partial charge >= 0.3 is 36.2 Å². The Morgan fingerprint density at radius 1 is 0.407 bits per heavy atom. The van der Waals surface area contributed by atoms with Crippen LogP contribution in [0.15, 0.2) is 146 Å². The van der Waals surface area contributed by atoms with E-state index < -0.39 is 0 Å². The molecule has 0 spiro atoms. The minimum absolute atomic E-state index is 0.0679. The lowest BCUT2D eigenvalue weighted by atomic mass is 9.57. The fourth-order valence-corrected chi connectivity index (χ4v) is 19.9. The van der Waals surface area contributed by atoms with E-state index >= 15 is 0 Å². The molecule has 18 nitrogen and oxygen atoms in total. The minimum Gasteiger partial charge on any atom is -0.462 e. The van der Waals surface area contributed by atoms with Crippen molar-refractivity contribution in [1.29, 1.82) is 0 Å². The van der Waals surface area contributed by atoms with Crippen LogP contribution in [0.5, 0.6) is 0 Å². The Hall–Kier alpha value is -9.66. The van der Waals surface area contributed by atoms with Gasteiger partial charge in [-0.2, -0.15) is 0 Å². The summed E-state index contributed by atoms with van der Waals surface area (Å²) in [5, 5.41) is 9.00. The van der Waals surface area contributed by atoms with E-state index in [1.54, 1.807) is 57.6 Å². The normalized spacial score (nSPS) is 31.4. The van der Waals surface area contributed by atoms with Crippen molar-refractivity contribution < 1.29 is 70.4 Å². The number of hydrogen-bond acceptors (Lipinski definition) is 15. The largest absolute Gasteiger partial charge is 0.462 e. The molecule has 6 aliphatic carbocycles. The second-order valence-corrected chi connectivity index (χ2v) is 30.8. The van der Waals surface area contributed by atoms with Gasteiger partial charge in [-0.05, 0) is 261 Å². The first kappa shape index (κ1) is 76.5. The zero-order valence-corrected chi connectivity index (χ0v) is 62.2. The molecule has 6 aromatic rings. The molecular formula is C87H99F3N6O12. The lowest BCUT2D eigenvalue weighted by Gasteiger charge is -2.47. The number of carbonyl (C=O) groups excluding carboxylic acids is 6. The smallest absolute Gasteiger partial charge is 0.407 e. The monoisotopic (exact) mass is 1480 g/mol. The summed E-state index contributed by atoms with van der Waals surface area (Å²) in [6.45, 7) is 12.5. The summed E-state index contributed by atoms with van der Waals surface area (Å²) < 4.78 is 73.0. The van der Waals surface area contributed by atoms with Gasteiger partial charge in [0.25, 0.3) is 0 Å². The Morgan fingerprint density at radius 2 is 0.694 bits per heavy atom. The third-order valence-corrected chi connectivity index (χ3v) is 24.5. The molecule has 3 aromatic heterocycles. The van der Waals surface area contributed by atoms with Crippen LogP contribution in [0.25, 0.3) is 51.6 Å². The number of amides is 3. The van der Waals surface area contributed by atoms with Crippen molar-refractivity contribution in [1.82, 2.24) is 30.9 Å². The van der Waals surface area contributed by atoms with Crippen LogP contribution in [0.1, 0.15) is 136 Å². The summed E-state index contributed by atoms with van der Waals surface area (Å²) in [4.78, 5) is 87.7. The van der Waals surface area contributed by atoms with Crippen LogP contribution in [0.4, 0.5) is 27.6 Å². The zero-order chi connectivity index (χ0) is 75.7. The number of alkyl carbamates (subject to hydrolysis) is 3. The number of esters is 3. The van der Waals surface area contributed by atoms with E-state index in [1.165, 1.54) is 36.4 Å². The highest BCUT2D eigenvalue weighted by molar-refractivity contribution is 5.78. The Bertz CT molecular complexity index is 3830. The van der Waals surface area contributed by atoms with Gasteiger partial charge in [-0.3, -0.25) is 29.3 Å². The number of fused-ring (bicyclic) bond motifs is 6. The van der Waals surface area contributed by atoms with Crippen LogP contribution in [0, 0.1) is 106 Å². The van der Waals surface area contributed by atoms with Crippen molar-refractivity contribution in [3.05, 3.63) is 181 Å². The molecule has 0 unspecified atom stereocenters. The van der Waals surface area contributed by atoms with Crippen molar-refractivity contribution in [3.8, 4) is 33.4 Å². The van der Waals surface area contributed by atoms with Crippen LogP contribution in [0.3, 0.4) is 0 Å². The first-order valence-corrected chi connectivity index (χ1v) is 38.9. The van der Waals surface area contributed by atoms with E-state index in [2.05, 4.69) is 49.1 Å². The summed E-state index contributed by atoms with van der Waals surface area (Å²) in [7, 11) is 0. The van der Waals surface area contributed by atoms with Crippen molar-refractivity contribution in [2.24, 2.45) is 88.8 Å². The van der Waals surface area contributed by atoms with Crippen molar-refractivity contribution in [2.45, 2.75) is 155 Å². The number of hydrogen-bond donors (Lipinski definition) is 3. The maximum absolute atomic E-state index is 13.6. The zero-order valence-electron chi connectivity index (χ0n) is 62.2. The molecule has 108 heavy (non-hydrogen) atoms. The van der Waals surface area contributed by atoms with Gasteiger partial charge < -0.3 is 44.4 Å². The Balaban J connectivity index is 0.000000143. The quantitative estimate of drug-likeness (QED) is 0.0641. The highest BCUT2D eigenvalue weighted by Gasteiger charge is 2.58. The molecule has 15 rings (SSSR count). The van der Waals surface area contributed by atoms with Gasteiger partial charge in [-0.25, -0.2) is 27.6 Å². The second kappa shape index (κ2) is 34.7. The van der Waals surface area contributed by atoms with Crippen LogP contribution < -0.4 is 16.0 Å². The molecule has 6 heterocycles. The van der Waals surface area contributed by atoms with Crippen molar-refractivity contribution in [2.75, 3.05) is 19.8 Å². The van der Waals surface area contributed by atoms with E-state index in [1.807, 2.05) is 93.6 Å². The van der Waals surface area contributed by atoms with Gasteiger partial charge in [0.1, 0.15) is 35.8 Å².